The largest absolute Gasteiger partial charge is 0.493 e. The molecule has 0 unspecified atom stereocenters. The van der Waals surface area contributed by atoms with E-state index in [0.717, 1.165) is 24.8 Å². The Balaban J connectivity index is 2.64. The first-order valence-corrected chi connectivity index (χ1v) is 6.54. The number of methoxy groups -OCH3 is 3. The van der Waals surface area contributed by atoms with Crippen LogP contribution in [0.1, 0.15) is 25.3 Å². The van der Waals surface area contributed by atoms with Gasteiger partial charge in [0, 0.05) is 6.92 Å². The number of rotatable bonds is 8. The second kappa shape index (κ2) is 8.30. The first kappa shape index (κ1) is 16.1. The maximum Gasteiger partial charge on any atom is 0.302 e. The van der Waals surface area contributed by atoms with Gasteiger partial charge in [-0.05, 0) is 37.0 Å². The van der Waals surface area contributed by atoms with Gasteiger partial charge >= 0.3 is 5.97 Å². The van der Waals surface area contributed by atoms with Crippen LogP contribution < -0.4 is 14.2 Å². The lowest BCUT2D eigenvalue weighted by Crippen LogP contribution is -2.01. The molecule has 5 heteroatoms. The van der Waals surface area contributed by atoms with Crippen molar-refractivity contribution in [1.29, 1.82) is 0 Å². The number of carbonyl (C=O) groups is 1. The van der Waals surface area contributed by atoms with E-state index in [1.165, 1.54) is 6.92 Å². The summed E-state index contributed by atoms with van der Waals surface area (Å²) in [6.45, 7) is 1.87. The number of benzene rings is 1. The van der Waals surface area contributed by atoms with E-state index in [0.29, 0.717) is 23.9 Å². The predicted molar refractivity (Wildman–Crippen MR) is 75.7 cm³/mol. The average molecular weight is 282 g/mol. The third kappa shape index (κ3) is 4.64. The third-order valence-corrected chi connectivity index (χ3v) is 2.89. The SMILES string of the molecule is COc1cc(CCCCOC(C)=O)cc(OC)c1OC. The van der Waals surface area contributed by atoms with Crippen LogP contribution in [-0.2, 0) is 16.0 Å². The van der Waals surface area contributed by atoms with Gasteiger partial charge in [0.2, 0.25) is 5.75 Å². The van der Waals surface area contributed by atoms with Crippen molar-refractivity contribution in [3.05, 3.63) is 17.7 Å². The second-order valence-corrected chi connectivity index (χ2v) is 4.33. The van der Waals surface area contributed by atoms with Gasteiger partial charge in [0.15, 0.2) is 11.5 Å². The lowest BCUT2D eigenvalue weighted by molar-refractivity contribution is -0.141. The molecule has 0 aromatic heterocycles. The van der Waals surface area contributed by atoms with Crippen LogP contribution in [0.2, 0.25) is 0 Å². The molecule has 0 saturated carbocycles. The molecule has 0 heterocycles. The van der Waals surface area contributed by atoms with Crippen molar-refractivity contribution in [3.63, 3.8) is 0 Å². The highest BCUT2D eigenvalue weighted by molar-refractivity contribution is 5.65. The van der Waals surface area contributed by atoms with E-state index in [2.05, 4.69) is 0 Å². The molecule has 0 bridgehead atoms. The summed E-state index contributed by atoms with van der Waals surface area (Å²) < 4.78 is 20.8. The van der Waals surface area contributed by atoms with E-state index in [-0.39, 0.29) is 5.97 Å². The third-order valence-electron chi connectivity index (χ3n) is 2.89. The monoisotopic (exact) mass is 282 g/mol. The zero-order chi connectivity index (χ0) is 15.0. The van der Waals surface area contributed by atoms with Crippen molar-refractivity contribution in [1.82, 2.24) is 0 Å². The Labute approximate surface area is 119 Å². The highest BCUT2D eigenvalue weighted by atomic mass is 16.5. The Bertz CT molecular complexity index is 417. The molecule has 1 rings (SSSR count). The van der Waals surface area contributed by atoms with E-state index in [9.17, 15) is 4.79 Å². The van der Waals surface area contributed by atoms with Crippen LogP contribution in [0, 0.1) is 0 Å². The van der Waals surface area contributed by atoms with Gasteiger partial charge in [-0.1, -0.05) is 0 Å². The number of unbranched alkanes of at least 4 members (excludes halogenated alkanes) is 1. The molecule has 5 nitrogen and oxygen atoms in total. The van der Waals surface area contributed by atoms with Crippen LogP contribution in [0.4, 0.5) is 0 Å². The van der Waals surface area contributed by atoms with Gasteiger partial charge in [-0.3, -0.25) is 4.79 Å². The predicted octanol–water partition coefficient (Wildman–Crippen LogP) is 2.60. The van der Waals surface area contributed by atoms with Gasteiger partial charge in [-0.2, -0.15) is 0 Å². The summed E-state index contributed by atoms with van der Waals surface area (Å²) in [5.74, 6) is 1.67. The molecule has 0 fully saturated rings. The fourth-order valence-corrected chi connectivity index (χ4v) is 1.93. The normalized spacial score (nSPS) is 10.0. The van der Waals surface area contributed by atoms with Gasteiger partial charge in [-0.25, -0.2) is 0 Å². The Morgan fingerprint density at radius 1 is 1.00 bits per heavy atom. The summed E-state index contributed by atoms with van der Waals surface area (Å²) in [7, 11) is 4.78. The molecule has 0 atom stereocenters. The number of ether oxygens (including phenoxy) is 4. The summed E-state index contributed by atoms with van der Waals surface area (Å²) in [4.78, 5) is 10.6. The molecule has 0 N–H and O–H groups in total. The van der Waals surface area contributed by atoms with Crippen molar-refractivity contribution in [2.24, 2.45) is 0 Å². The molecule has 112 valence electrons. The van der Waals surface area contributed by atoms with Crippen LogP contribution in [0.5, 0.6) is 17.2 Å². The highest BCUT2D eigenvalue weighted by Crippen LogP contribution is 2.38. The zero-order valence-electron chi connectivity index (χ0n) is 12.5. The second-order valence-electron chi connectivity index (χ2n) is 4.33. The van der Waals surface area contributed by atoms with Crippen molar-refractivity contribution >= 4 is 5.97 Å². The lowest BCUT2D eigenvalue weighted by Gasteiger charge is -2.14. The van der Waals surface area contributed by atoms with E-state index >= 15 is 0 Å². The molecule has 0 amide bonds. The molecule has 1 aromatic carbocycles. The number of esters is 1. The summed E-state index contributed by atoms with van der Waals surface area (Å²) >= 11 is 0. The molecular formula is C15H22O5. The minimum absolute atomic E-state index is 0.238. The van der Waals surface area contributed by atoms with Crippen LogP contribution in [0.3, 0.4) is 0 Å². The zero-order valence-corrected chi connectivity index (χ0v) is 12.5. The minimum atomic E-state index is -0.238. The highest BCUT2D eigenvalue weighted by Gasteiger charge is 2.12. The summed E-state index contributed by atoms with van der Waals surface area (Å²) in [5.41, 5.74) is 1.10. The molecule has 20 heavy (non-hydrogen) atoms. The fraction of sp³-hybridized carbons (Fsp3) is 0.533. The van der Waals surface area contributed by atoms with Crippen LogP contribution in [0.15, 0.2) is 12.1 Å². The van der Waals surface area contributed by atoms with E-state index in [4.69, 9.17) is 18.9 Å². The fourth-order valence-electron chi connectivity index (χ4n) is 1.93. The standard InChI is InChI=1S/C15H22O5/c1-11(16)20-8-6-5-7-12-9-13(17-2)15(19-4)14(10-12)18-3/h9-10H,5-8H2,1-4H3. The summed E-state index contributed by atoms with van der Waals surface area (Å²) in [6, 6.07) is 3.88. The Kier molecular flexibility index (Phi) is 6.70. The Morgan fingerprint density at radius 2 is 1.60 bits per heavy atom. The van der Waals surface area contributed by atoms with Crippen molar-refractivity contribution in [2.45, 2.75) is 26.2 Å². The Morgan fingerprint density at radius 3 is 2.05 bits per heavy atom. The molecule has 0 aliphatic carbocycles. The maximum absolute atomic E-state index is 10.6. The molecule has 0 saturated heterocycles. The topological polar surface area (TPSA) is 54.0 Å². The number of carbonyl (C=O) groups excluding carboxylic acids is 1. The number of hydrogen-bond acceptors (Lipinski definition) is 5. The molecule has 0 spiro atoms. The van der Waals surface area contributed by atoms with Crippen molar-refractivity contribution < 1.29 is 23.7 Å². The Hall–Kier alpha value is -1.91. The van der Waals surface area contributed by atoms with Crippen LogP contribution in [-0.4, -0.2) is 33.9 Å². The van der Waals surface area contributed by atoms with Crippen molar-refractivity contribution in [2.75, 3.05) is 27.9 Å². The molecule has 1 aromatic rings. The maximum atomic E-state index is 10.6. The first-order valence-electron chi connectivity index (χ1n) is 6.54. The quantitative estimate of drug-likeness (QED) is 0.542. The van der Waals surface area contributed by atoms with Crippen molar-refractivity contribution in [3.8, 4) is 17.2 Å². The smallest absolute Gasteiger partial charge is 0.302 e. The minimum Gasteiger partial charge on any atom is -0.493 e. The average Bonchev–Trinajstić information content (AvgIpc) is 2.45. The number of aryl methyl sites for hydroxylation is 1. The van der Waals surface area contributed by atoms with Gasteiger partial charge in [-0.15, -0.1) is 0 Å². The molecule has 0 radical (unpaired) electrons. The lowest BCUT2D eigenvalue weighted by atomic mass is 10.1. The summed E-state index contributed by atoms with van der Waals surface area (Å²) in [5, 5.41) is 0. The van der Waals surface area contributed by atoms with E-state index in [1.54, 1.807) is 21.3 Å². The molecular weight excluding hydrogens is 260 g/mol. The van der Waals surface area contributed by atoms with Gasteiger partial charge in [0.05, 0.1) is 27.9 Å². The van der Waals surface area contributed by atoms with Crippen LogP contribution >= 0.6 is 0 Å². The van der Waals surface area contributed by atoms with Gasteiger partial charge in [0.25, 0.3) is 0 Å². The molecule has 0 aliphatic rings. The van der Waals surface area contributed by atoms with Gasteiger partial charge < -0.3 is 18.9 Å². The van der Waals surface area contributed by atoms with E-state index in [1.807, 2.05) is 12.1 Å². The first-order chi connectivity index (χ1) is 9.62. The molecule has 0 aliphatic heterocycles. The van der Waals surface area contributed by atoms with Crippen LogP contribution in [0.25, 0.3) is 0 Å². The summed E-state index contributed by atoms with van der Waals surface area (Å²) in [6.07, 6.45) is 2.61. The van der Waals surface area contributed by atoms with E-state index < -0.39 is 0 Å². The van der Waals surface area contributed by atoms with Gasteiger partial charge in [0.1, 0.15) is 0 Å². The number of hydrogen-bond donors (Lipinski definition) is 0.